The van der Waals surface area contributed by atoms with Crippen molar-refractivity contribution >= 4 is 28.2 Å². The van der Waals surface area contributed by atoms with Gasteiger partial charge < -0.3 is 9.84 Å². The number of rotatable bonds is 7. The average molecular weight is 347 g/mol. The normalized spacial score (nSPS) is 12.3. The fraction of sp³-hybridized carbons (Fsp3) is 0.333. The second kappa shape index (κ2) is 7.56. The second-order valence-electron chi connectivity index (χ2n) is 4.98. The molecule has 0 fully saturated rings. The van der Waals surface area contributed by atoms with Gasteiger partial charge >= 0.3 is 0 Å². The van der Waals surface area contributed by atoms with Gasteiger partial charge in [0, 0.05) is 6.54 Å². The number of hydrogen-bond donors (Lipinski definition) is 1. The van der Waals surface area contributed by atoms with Crippen LogP contribution >= 0.6 is 23.1 Å². The third-order valence-electron chi connectivity index (χ3n) is 3.11. The second-order valence-corrected chi connectivity index (χ2v) is 7.54. The summed E-state index contributed by atoms with van der Waals surface area (Å²) in [6.07, 6.45) is 0.959. The Kier molecular flexibility index (Phi) is 5.24. The van der Waals surface area contributed by atoms with Crippen LogP contribution in [0.2, 0.25) is 0 Å². The summed E-state index contributed by atoms with van der Waals surface area (Å²) in [6.45, 7) is 4.66. The van der Waals surface area contributed by atoms with Crippen LogP contribution in [-0.4, -0.2) is 26.9 Å². The molecule has 1 aromatic carbocycles. The molecule has 1 N–H and O–H groups in total. The number of hydrogen-bond acceptors (Lipinski definition) is 8. The Morgan fingerprint density at radius 3 is 2.83 bits per heavy atom. The van der Waals surface area contributed by atoms with Crippen LogP contribution < -0.4 is 5.32 Å². The van der Waals surface area contributed by atoms with Crippen molar-refractivity contribution in [2.24, 2.45) is 0 Å². The van der Waals surface area contributed by atoms with E-state index in [1.165, 1.54) is 16.9 Å². The quantitative estimate of drug-likeness (QED) is 0.652. The van der Waals surface area contributed by atoms with Crippen LogP contribution in [0.3, 0.4) is 0 Å². The van der Waals surface area contributed by atoms with Gasteiger partial charge in [-0.2, -0.15) is 4.98 Å². The molecule has 2 aromatic heterocycles. The van der Waals surface area contributed by atoms with Crippen LogP contribution in [0.1, 0.15) is 29.5 Å². The number of aryl methyl sites for hydroxylation is 1. The molecule has 8 heteroatoms. The van der Waals surface area contributed by atoms with Crippen molar-refractivity contribution in [2.75, 3.05) is 11.9 Å². The van der Waals surface area contributed by atoms with Crippen molar-refractivity contribution < 1.29 is 4.52 Å². The van der Waals surface area contributed by atoms with E-state index in [0.29, 0.717) is 11.7 Å². The Bertz CT molecular complexity index is 743. The van der Waals surface area contributed by atoms with Gasteiger partial charge in [-0.3, -0.25) is 0 Å². The first kappa shape index (κ1) is 15.9. The smallest absolute Gasteiger partial charge is 0.239 e. The number of nitrogens with one attached hydrogen (secondary N) is 1. The van der Waals surface area contributed by atoms with E-state index in [1.54, 1.807) is 11.8 Å². The molecule has 0 spiro atoms. The summed E-state index contributed by atoms with van der Waals surface area (Å²) in [5.41, 5.74) is 1.31. The maximum Gasteiger partial charge on any atom is 0.239 e. The highest BCUT2D eigenvalue weighted by Crippen LogP contribution is 2.36. The lowest BCUT2D eigenvalue weighted by Crippen LogP contribution is -2.04. The number of aromatic nitrogens is 4. The highest BCUT2D eigenvalue weighted by atomic mass is 32.2. The van der Waals surface area contributed by atoms with Crippen molar-refractivity contribution in [1.29, 1.82) is 0 Å². The lowest BCUT2D eigenvalue weighted by molar-refractivity contribution is 0.376. The molecule has 23 heavy (non-hydrogen) atoms. The van der Waals surface area contributed by atoms with Gasteiger partial charge in [-0.1, -0.05) is 58.6 Å². The van der Waals surface area contributed by atoms with Crippen LogP contribution in [0.5, 0.6) is 0 Å². The van der Waals surface area contributed by atoms with E-state index in [-0.39, 0.29) is 5.25 Å². The van der Waals surface area contributed by atoms with Crippen molar-refractivity contribution in [1.82, 2.24) is 20.3 Å². The van der Waals surface area contributed by atoms with E-state index >= 15 is 0 Å². The summed E-state index contributed by atoms with van der Waals surface area (Å²) >= 11 is 3.11. The Morgan fingerprint density at radius 2 is 2.09 bits per heavy atom. The largest absolute Gasteiger partial charge is 0.360 e. The number of thioether (sulfide) groups is 1. The van der Waals surface area contributed by atoms with Gasteiger partial charge in [0.15, 0.2) is 10.2 Å². The molecule has 0 amide bonds. The van der Waals surface area contributed by atoms with Gasteiger partial charge in [0.05, 0.1) is 5.25 Å². The summed E-state index contributed by atoms with van der Waals surface area (Å²) in [5, 5.41) is 16.4. The van der Waals surface area contributed by atoms with E-state index < -0.39 is 0 Å². The molecule has 0 aliphatic heterocycles. The molecular formula is C15H17N5OS2. The van der Waals surface area contributed by atoms with E-state index in [0.717, 1.165) is 22.4 Å². The lowest BCUT2D eigenvalue weighted by atomic mass is 10.2. The number of nitrogens with zero attached hydrogens (tertiary/aromatic N) is 4. The van der Waals surface area contributed by atoms with E-state index in [9.17, 15) is 0 Å². The lowest BCUT2D eigenvalue weighted by Gasteiger charge is -2.02. The topological polar surface area (TPSA) is 76.7 Å². The maximum absolute atomic E-state index is 5.18. The highest BCUT2D eigenvalue weighted by molar-refractivity contribution is 8.01. The third-order valence-corrected chi connectivity index (χ3v) is 5.16. The standard InChI is InChI=1S/C15H17N5OS2/c1-10(13-17-11(2)20-21-13)22-15-19-18-14(23-15)16-9-8-12-6-4-3-5-7-12/h3-7,10H,8-9H2,1-2H3,(H,16,18). The molecule has 2 heterocycles. The Labute approximate surface area is 142 Å². The number of benzene rings is 1. The Morgan fingerprint density at radius 1 is 1.26 bits per heavy atom. The fourth-order valence-electron chi connectivity index (χ4n) is 1.97. The molecule has 0 bridgehead atoms. The van der Waals surface area contributed by atoms with Gasteiger partial charge in [0.1, 0.15) is 0 Å². The molecule has 0 saturated carbocycles. The van der Waals surface area contributed by atoms with Gasteiger partial charge in [0.25, 0.3) is 0 Å². The molecular weight excluding hydrogens is 330 g/mol. The SMILES string of the molecule is Cc1noc(C(C)Sc2nnc(NCCc3ccccc3)s2)n1. The maximum atomic E-state index is 5.18. The van der Waals surface area contributed by atoms with Crippen LogP contribution in [0.15, 0.2) is 39.2 Å². The first-order valence-electron chi connectivity index (χ1n) is 7.29. The summed E-state index contributed by atoms with van der Waals surface area (Å²) in [5.74, 6) is 1.26. The van der Waals surface area contributed by atoms with Crippen molar-refractivity contribution in [2.45, 2.75) is 29.9 Å². The zero-order valence-electron chi connectivity index (χ0n) is 12.9. The van der Waals surface area contributed by atoms with Gasteiger partial charge in [0.2, 0.25) is 11.0 Å². The molecule has 120 valence electrons. The first-order chi connectivity index (χ1) is 11.2. The Hall–Kier alpha value is -1.93. The van der Waals surface area contributed by atoms with Crippen molar-refractivity contribution in [3.05, 3.63) is 47.6 Å². The first-order valence-corrected chi connectivity index (χ1v) is 8.98. The predicted molar refractivity (Wildman–Crippen MR) is 91.9 cm³/mol. The van der Waals surface area contributed by atoms with Crippen molar-refractivity contribution in [3.63, 3.8) is 0 Å². The summed E-state index contributed by atoms with van der Waals surface area (Å²) in [4.78, 5) is 4.24. The molecule has 6 nitrogen and oxygen atoms in total. The van der Waals surface area contributed by atoms with E-state index in [1.807, 2.05) is 19.9 Å². The van der Waals surface area contributed by atoms with Crippen LogP contribution in [0, 0.1) is 6.92 Å². The summed E-state index contributed by atoms with van der Waals surface area (Å²) < 4.78 is 6.06. The predicted octanol–water partition coefficient (Wildman–Crippen LogP) is 3.74. The molecule has 1 atom stereocenters. The third kappa shape index (κ3) is 4.52. The molecule has 0 aliphatic rings. The molecule has 3 aromatic rings. The van der Waals surface area contributed by atoms with Gasteiger partial charge in [-0.05, 0) is 25.8 Å². The average Bonchev–Trinajstić information content (AvgIpc) is 3.18. The zero-order valence-corrected chi connectivity index (χ0v) is 14.5. The van der Waals surface area contributed by atoms with Crippen molar-refractivity contribution in [3.8, 4) is 0 Å². The number of anilines is 1. The minimum absolute atomic E-state index is 0.0568. The molecule has 3 rings (SSSR count). The van der Waals surface area contributed by atoms with Gasteiger partial charge in [-0.25, -0.2) is 0 Å². The molecule has 1 unspecified atom stereocenters. The zero-order chi connectivity index (χ0) is 16.1. The Balaban J connectivity index is 1.50. The summed E-state index contributed by atoms with van der Waals surface area (Å²) in [7, 11) is 0. The minimum atomic E-state index is 0.0568. The molecule has 0 aliphatic carbocycles. The van der Waals surface area contributed by atoms with E-state index in [4.69, 9.17) is 4.52 Å². The highest BCUT2D eigenvalue weighted by Gasteiger charge is 2.17. The van der Waals surface area contributed by atoms with Crippen LogP contribution in [-0.2, 0) is 6.42 Å². The fourth-order valence-corrected chi connectivity index (χ4v) is 3.92. The summed E-state index contributed by atoms with van der Waals surface area (Å²) in [6, 6.07) is 10.4. The minimum Gasteiger partial charge on any atom is -0.360 e. The van der Waals surface area contributed by atoms with Crippen LogP contribution in [0.4, 0.5) is 5.13 Å². The molecule has 0 saturated heterocycles. The van der Waals surface area contributed by atoms with E-state index in [2.05, 4.69) is 49.9 Å². The van der Waals surface area contributed by atoms with Gasteiger partial charge in [-0.15, -0.1) is 10.2 Å². The van der Waals surface area contributed by atoms with Crippen LogP contribution in [0.25, 0.3) is 0 Å². The monoisotopic (exact) mass is 347 g/mol. The molecule has 0 radical (unpaired) electrons.